The van der Waals surface area contributed by atoms with Crippen molar-refractivity contribution in [3.8, 4) is 0 Å². The summed E-state index contributed by atoms with van der Waals surface area (Å²) in [5.74, 6) is -0.405. The van der Waals surface area contributed by atoms with Crippen molar-refractivity contribution < 1.29 is 19.1 Å². The molecule has 1 aliphatic heterocycles. The summed E-state index contributed by atoms with van der Waals surface area (Å²) in [7, 11) is 0. The van der Waals surface area contributed by atoms with Gasteiger partial charge in [-0.1, -0.05) is 19.4 Å². The van der Waals surface area contributed by atoms with E-state index >= 15 is 0 Å². The van der Waals surface area contributed by atoms with Crippen LogP contribution in [-0.2, 0) is 9.53 Å². The van der Waals surface area contributed by atoms with E-state index in [2.05, 4.69) is 22.9 Å². The largest absolute Gasteiger partial charge is 0.378 e. The fraction of sp³-hybridized carbons (Fsp3) is 0.375. The predicted molar refractivity (Wildman–Crippen MR) is 124 cm³/mol. The third kappa shape index (κ3) is 6.81. The van der Waals surface area contributed by atoms with Gasteiger partial charge in [-0.3, -0.25) is 14.4 Å². The van der Waals surface area contributed by atoms with Crippen molar-refractivity contribution in [1.82, 2.24) is 10.2 Å². The Bertz CT molecular complexity index is 924. The molecule has 0 spiro atoms. The highest BCUT2D eigenvalue weighted by molar-refractivity contribution is 5.98. The Morgan fingerprint density at radius 1 is 0.969 bits per heavy atom. The number of nitrogens with zero attached hydrogens (tertiary/aromatic N) is 1. The van der Waals surface area contributed by atoms with Gasteiger partial charge in [0.15, 0.2) is 0 Å². The van der Waals surface area contributed by atoms with Gasteiger partial charge in [0.1, 0.15) is 0 Å². The van der Waals surface area contributed by atoms with E-state index in [0.29, 0.717) is 49.7 Å². The number of hydrogen-bond donors (Lipinski definition) is 3. The number of benzene rings is 2. The first-order valence-electron chi connectivity index (χ1n) is 11.0. The van der Waals surface area contributed by atoms with Crippen LogP contribution in [0.3, 0.4) is 0 Å². The molecule has 0 saturated carbocycles. The molecule has 3 amide bonds. The number of rotatable bonds is 9. The van der Waals surface area contributed by atoms with Crippen LogP contribution in [0.1, 0.15) is 40.5 Å². The van der Waals surface area contributed by atoms with E-state index in [1.807, 2.05) is 0 Å². The first-order valence-corrected chi connectivity index (χ1v) is 11.0. The molecule has 0 aromatic heterocycles. The number of ether oxygens (including phenoxy) is 1. The zero-order valence-electron chi connectivity index (χ0n) is 18.4. The minimum Gasteiger partial charge on any atom is -0.378 e. The molecule has 32 heavy (non-hydrogen) atoms. The summed E-state index contributed by atoms with van der Waals surface area (Å²) in [4.78, 5) is 38.8. The van der Waals surface area contributed by atoms with E-state index in [4.69, 9.17) is 4.74 Å². The van der Waals surface area contributed by atoms with Gasteiger partial charge in [0, 0.05) is 42.1 Å². The molecule has 8 heteroatoms. The number of carbonyl (C=O) groups excluding carboxylic acids is 3. The second kappa shape index (κ2) is 11.9. The Labute approximate surface area is 188 Å². The molecule has 0 aliphatic carbocycles. The molecule has 2 aromatic carbocycles. The zero-order chi connectivity index (χ0) is 22.8. The summed E-state index contributed by atoms with van der Waals surface area (Å²) >= 11 is 0. The number of morpholine rings is 1. The van der Waals surface area contributed by atoms with Gasteiger partial charge in [-0.05, 0) is 48.9 Å². The van der Waals surface area contributed by atoms with E-state index in [9.17, 15) is 14.4 Å². The number of amides is 3. The van der Waals surface area contributed by atoms with Crippen LogP contribution in [0, 0.1) is 0 Å². The van der Waals surface area contributed by atoms with Gasteiger partial charge in [-0.15, -0.1) is 0 Å². The predicted octanol–water partition coefficient (Wildman–Crippen LogP) is 2.74. The van der Waals surface area contributed by atoms with Crippen LogP contribution >= 0.6 is 0 Å². The molecule has 1 fully saturated rings. The molecule has 0 bridgehead atoms. The number of carbonyl (C=O) groups is 3. The molecule has 0 unspecified atom stereocenters. The number of unbranched alkanes of at least 4 members (excludes halogenated alkanes) is 1. The summed E-state index contributed by atoms with van der Waals surface area (Å²) in [5, 5.41) is 8.72. The highest BCUT2D eigenvalue weighted by Gasteiger charge is 2.18. The molecule has 1 saturated heterocycles. The van der Waals surface area contributed by atoms with Crippen molar-refractivity contribution in [2.75, 3.05) is 50.0 Å². The third-order valence-corrected chi connectivity index (χ3v) is 5.11. The summed E-state index contributed by atoms with van der Waals surface area (Å²) in [5.41, 5.74) is 2.42. The zero-order valence-corrected chi connectivity index (χ0v) is 18.4. The first kappa shape index (κ1) is 23.3. The van der Waals surface area contributed by atoms with Gasteiger partial charge in [-0.2, -0.15) is 0 Å². The van der Waals surface area contributed by atoms with Crippen molar-refractivity contribution in [3.63, 3.8) is 0 Å². The van der Waals surface area contributed by atoms with Crippen LogP contribution in [0.15, 0.2) is 48.5 Å². The highest BCUT2D eigenvalue weighted by atomic mass is 16.5. The Morgan fingerprint density at radius 2 is 1.72 bits per heavy atom. The maximum Gasteiger partial charge on any atom is 0.254 e. The number of nitrogens with one attached hydrogen (secondary N) is 3. The van der Waals surface area contributed by atoms with Crippen LogP contribution < -0.4 is 16.0 Å². The molecular weight excluding hydrogens is 408 g/mol. The van der Waals surface area contributed by atoms with E-state index in [1.54, 1.807) is 53.4 Å². The molecule has 3 rings (SSSR count). The fourth-order valence-electron chi connectivity index (χ4n) is 3.29. The Hall–Kier alpha value is -3.39. The number of hydrogen-bond acceptors (Lipinski definition) is 5. The molecule has 8 nitrogen and oxygen atoms in total. The molecule has 1 heterocycles. The van der Waals surface area contributed by atoms with Gasteiger partial charge in [0.25, 0.3) is 11.8 Å². The summed E-state index contributed by atoms with van der Waals surface area (Å²) in [6.07, 6.45) is 1.98. The minimum atomic E-state index is -0.234. The lowest BCUT2D eigenvalue weighted by Crippen LogP contribution is -2.40. The highest BCUT2D eigenvalue weighted by Crippen LogP contribution is 2.14. The van der Waals surface area contributed by atoms with Crippen molar-refractivity contribution in [1.29, 1.82) is 0 Å². The van der Waals surface area contributed by atoms with Crippen LogP contribution in [0.5, 0.6) is 0 Å². The average molecular weight is 439 g/mol. The summed E-state index contributed by atoms with van der Waals surface area (Å²) < 4.78 is 5.29. The van der Waals surface area contributed by atoms with Gasteiger partial charge in [-0.25, -0.2) is 0 Å². The maximum absolute atomic E-state index is 12.6. The average Bonchev–Trinajstić information content (AvgIpc) is 2.83. The van der Waals surface area contributed by atoms with E-state index in [1.165, 1.54) is 0 Å². The second-order valence-corrected chi connectivity index (χ2v) is 7.57. The van der Waals surface area contributed by atoms with Crippen LogP contribution in [-0.4, -0.2) is 62.0 Å². The number of anilines is 2. The first-order chi connectivity index (χ1) is 15.6. The van der Waals surface area contributed by atoms with Gasteiger partial charge in [0.05, 0.1) is 19.8 Å². The molecule has 170 valence electrons. The Balaban J connectivity index is 1.48. The van der Waals surface area contributed by atoms with Crippen molar-refractivity contribution in [2.24, 2.45) is 0 Å². The molecular formula is C24H30N4O4. The molecule has 0 atom stereocenters. The molecule has 0 radical (unpaired) electrons. The topological polar surface area (TPSA) is 99.8 Å². The maximum atomic E-state index is 12.6. The quantitative estimate of drug-likeness (QED) is 0.523. The summed E-state index contributed by atoms with van der Waals surface area (Å²) in [6.45, 7) is 5.01. The van der Waals surface area contributed by atoms with Gasteiger partial charge < -0.3 is 25.6 Å². The monoisotopic (exact) mass is 438 g/mol. The lowest BCUT2D eigenvalue weighted by atomic mass is 10.1. The third-order valence-electron chi connectivity index (χ3n) is 5.11. The second-order valence-electron chi connectivity index (χ2n) is 7.57. The van der Waals surface area contributed by atoms with E-state index in [0.717, 1.165) is 18.5 Å². The standard InChI is InChI=1S/C24H30N4O4/c1-2-3-11-25-23(30)18-7-9-20(10-8-18)26-17-22(29)27-21-6-4-5-19(16-21)24(31)28-12-14-32-15-13-28/h4-10,16,26H,2-3,11-15,17H2,1H3,(H,25,30)(H,27,29). The van der Waals surface area contributed by atoms with Gasteiger partial charge in [0.2, 0.25) is 5.91 Å². The lowest BCUT2D eigenvalue weighted by molar-refractivity contribution is -0.114. The van der Waals surface area contributed by atoms with Crippen LogP contribution in [0.2, 0.25) is 0 Å². The van der Waals surface area contributed by atoms with Crippen molar-refractivity contribution >= 4 is 29.1 Å². The summed E-state index contributed by atoms with van der Waals surface area (Å²) in [6, 6.07) is 13.9. The molecule has 2 aromatic rings. The van der Waals surface area contributed by atoms with E-state index < -0.39 is 0 Å². The van der Waals surface area contributed by atoms with Crippen molar-refractivity contribution in [2.45, 2.75) is 19.8 Å². The van der Waals surface area contributed by atoms with Gasteiger partial charge >= 0.3 is 0 Å². The Kier molecular flexibility index (Phi) is 8.62. The molecule has 3 N–H and O–H groups in total. The van der Waals surface area contributed by atoms with E-state index in [-0.39, 0.29) is 24.3 Å². The smallest absolute Gasteiger partial charge is 0.254 e. The normalized spacial score (nSPS) is 13.3. The fourth-order valence-corrected chi connectivity index (χ4v) is 3.29. The molecule has 1 aliphatic rings. The lowest BCUT2D eigenvalue weighted by Gasteiger charge is -2.27. The van der Waals surface area contributed by atoms with Crippen LogP contribution in [0.4, 0.5) is 11.4 Å². The van der Waals surface area contributed by atoms with Crippen molar-refractivity contribution in [3.05, 3.63) is 59.7 Å². The minimum absolute atomic E-state index is 0.0592. The SMILES string of the molecule is CCCCNC(=O)c1ccc(NCC(=O)Nc2cccc(C(=O)N3CCOCC3)c2)cc1. The Morgan fingerprint density at radius 3 is 2.44 bits per heavy atom. The van der Waals surface area contributed by atoms with Crippen LogP contribution in [0.25, 0.3) is 0 Å².